The molecule has 1 nitrogen and oxygen atoms in total. The molecule has 0 fully saturated rings. The summed E-state index contributed by atoms with van der Waals surface area (Å²) in [7, 11) is 0. The molecule has 1 unspecified atom stereocenters. The number of anilines is 1. The van der Waals surface area contributed by atoms with Crippen molar-refractivity contribution in [2.24, 2.45) is 0 Å². The lowest BCUT2D eigenvalue weighted by molar-refractivity contribution is 0.624. The zero-order valence-corrected chi connectivity index (χ0v) is 11.4. The summed E-state index contributed by atoms with van der Waals surface area (Å²) in [6.45, 7) is 0.929. The molecule has 0 radical (unpaired) electrons. The fourth-order valence-electron chi connectivity index (χ4n) is 2.39. The van der Waals surface area contributed by atoms with E-state index in [1.54, 1.807) is 23.9 Å². The molecule has 0 aromatic heterocycles. The van der Waals surface area contributed by atoms with Gasteiger partial charge in [-0.15, -0.1) is 11.8 Å². The van der Waals surface area contributed by atoms with Crippen LogP contribution in [0.4, 0.5) is 10.1 Å². The molecule has 0 aliphatic carbocycles. The first-order valence-electron chi connectivity index (χ1n) is 6.55. The molecule has 1 heterocycles. The first-order valence-corrected chi connectivity index (χ1v) is 7.43. The van der Waals surface area contributed by atoms with Gasteiger partial charge in [0.25, 0.3) is 0 Å². The number of rotatable bonds is 2. The topological polar surface area (TPSA) is 12.0 Å². The molecule has 1 aliphatic heterocycles. The molecular formula is C16H16FNS. The highest BCUT2D eigenvalue weighted by Gasteiger charge is 2.16. The Morgan fingerprint density at radius 3 is 2.89 bits per heavy atom. The van der Waals surface area contributed by atoms with E-state index in [9.17, 15) is 4.39 Å². The number of fused-ring (bicyclic) bond motifs is 1. The van der Waals surface area contributed by atoms with Crippen molar-refractivity contribution >= 4 is 17.4 Å². The number of aryl methyl sites for hydroxylation is 1. The van der Waals surface area contributed by atoms with Crippen LogP contribution in [0.3, 0.4) is 0 Å². The second kappa shape index (κ2) is 5.66. The van der Waals surface area contributed by atoms with Crippen LogP contribution in [0.25, 0.3) is 0 Å². The van der Waals surface area contributed by atoms with Crippen molar-refractivity contribution < 1.29 is 4.39 Å². The monoisotopic (exact) mass is 273 g/mol. The number of para-hydroxylation sites is 1. The number of hydrogen-bond acceptors (Lipinski definition) is 2. The maximum Gasteiger partial charge on any atom is 0.124 e. The summed E-state index contributed by atoms with van der Waals surface area (Å²) < 4.78 is 13.2. The molecule has 3 heteroatoms. The van der Waals surface area contributed by atoms with Crippen LogP contribution in [0.5, 0.6) is 0 Å². The molecule has 3 rings (SSSR count). The first-order chi connectivity index (χ1) is 9.31. The van der Waals surface area contributed by atoms with E-state index in [1.807, 2.05) is 6.07 Å². The predicted octanol–water partition coefficient (Wildman–Crippen LogP) is 4.34. The van der Waals surface area contributed by atoms with Crippen LogP contribution >= 0.6 is 11.8 Å². The van der Waals surface area contributed by atoms with E-state index in [-0.39, 0.29) is 5.82 Å². The zero-order chi connectivity index (χ0) is 13.1. The first kappa shape index (κ1) is 12.5. The normalized spacial score (nSPS) is 18.3. The van der Waals surface area contributed by atoms with Gasteiger partial charge in [-0.05, 0) is 42.7 Å². The molecule has 2 aromatic rings. The van der Waals surface area contributed by atoms with Gasteiger partial charge >= 0.3 is 0 Å². The molecule has 19 heavy (non-hydrogen) atoms. The van der Waals surface area contributed by atoms with Crippen LogP contribution in [0.15, 0.2) is 53.4 Å². The maximum atomic E-state index is 13.2. The van der Waals surface area contributed by atoms with Crippen molar-refractivity contribution in [1.82, 2.24) is 0 Å². The second-order valence-corrected chi connectivity index (χ2v) is 6.15. The smallest absolute Gasteiger partial charge is 0.124 e. The van der Waals surface area contributed by atoms with E-state index in [0.29, 0.717) is 5.25 Å². The third-order valence-corrected chi connectivity index (χ3v) is 4.63. The molecule has 2 aromatic carbocycles. The highest BCUT2D eigenvalue weighted by atomic mass is 32.2. The molecule has 1 atom stereocenters. The van der Waals surface area contributed by atoms with Gasteiger partial charge in [-0.25, -0.2) is 4.39 Å². The number of halogens is 1. The van der Waals surface area contributed by atoms with Gasteiger partial charge in [-0.1, -0.05) is 24.3 Å². The third kappa shape index (κ3) is 3.10. The van der Waals surface area contributed by atoms with Gasteiger partial charge in [0.15, 0.2) is 0 Å². The average Bonchev–Trinajstić information content (AvgIpc) is 2.62. The Morgan fingerprint density at radius 1 is 1.11 bits per heavy atom. The van der Waals surface area contributed by atoms with E-state index < -0.39 is 0 Å². The highest BCUT2D eigenvalue weighted by Crippen LogP contribution is 2.30. The summed E-state index contributed by atoms with van der Waals surface area (Å²) in [5.74, 6) is -0.158. The largest absolute Gasteiger partial charge is 0.384 e. The summed E-state index contributed by atoms with van der Waals surface area (Å²) in [6, 6.07) is 15.3. The quantitative estimate of drug-likeness (QED) is 0.873. The second-order valence-electron chi connectivity index (χ2n) is 4.77. The Hall–Kier alpha value is -1.48. The zero-order valence-electron chi connectivity index (χ0n) is 10.6. The SMILES string of the molecule is Fc1cccc(SC2CCc3ccccc3NC2)c1. The van der Waals surface area contributed by atoms with E-state index in [2.05, 4.69) is 29.6 Å². The van der Waals surface area contributed by atoms with Crippen LogP contribution in [0.2, 0.25) is 0 Å². The highest BCUT2D eigenvalue weighted by molar-refractivity contribution is 8.00. The van der Waals surface area contributed by atoms with Gasteiger partial charge in [-0.3, -0.25) is 0 Å². The van der Waals surface area contributed by atoms with Gasteiger partial charge in [0.2, 0.25) is 0 Å². The molecular weight excluding hydrogens is 257 g/mol. The lowest BCUT2D eigenvalue weighted by Crippen LogP contribution is -2.14. The van der Waals surface area contributed by atoms with Gasteiger partial charge in [-0.2, -0.15) is 0 Å². The van der Waals surface area contributed by atoms with Gasteiger partial charge < -0.3 is 5.32 Å². The van der Waals surface area contributed by atoms with Crippen LogP contribution in [0, 0.1) is 5.82 Å². The lowest BCUT2D eigenvalue weighted by atomic mass is 10.1. The van der Waals surface area contributed by atoms with Crippen molar-refractivity contribution in [3.8, 4) is 0 Å². The Balaban J connectivity index is 1.69. The summed E-state index contributed by atoms with van der Waals surface area (Å²) in [6.07, 6.45) is 2.20. The van der Waals surface area contributed by atoms with Crippen LogP contribution < -0.4 is 5.32 Å². The summed E-state index contributed by atoms with van der Waals surface area (Å²) in [5.41, 5.74) is 2.62. The van der Waals surface area contributed by atoms with E-state index in [4.69, 9.17) is 0 Å². The fourth-order valence-corrected chi connectivity index (χ4v) is 3.51. The van der Waals surface area contributed by atoms with Crippen molar-refractivity contribution in [1.29, 1.82) is 0 Å². The van der Waals surface area contributed by atoms with Crippen molar-refractivity contribution in [2.75, 3.05) is 11.9 Å². The van der Waals surface area contributed by atoms with Crippen molar-refractivity contribution in [3.63, 3.8) is 0 Å². The molecule has 0 bridgehead atoms. The molecule has 1 aliphatic rings. The Kier molecular flexibility index (Phi) is 3.74. The summed E-state index contributed by atoms with van der Waals surface area (Å²) in [4.78, 5) is 1.01. The number of benzene rings is 2. The number of thioether (sulfide) groups is 1. The summed E-state index contributed by atoms with van der Waals surface area (Å²) >= 11 is 1.76. The lowest BCUT2D eigenvalue weighted by Gasteiger charge is -2.14. The van der Waals surface area contributed by atoms with Gasteiger partial charge in [0.1, 0.15) is 5.82 Å². The summed E-state index contributed by atoms with van der Waals surface area (Å²) in [5, 5.41) is 3.98. The Bertz CT molecular complexity index is 543. The van der Waals surface area contributed by atoms with E-state index in [1.165, 1.54) is 17.3 Å². The molecule has 0 saturated heterocycles. The molecule has 98 valence electrons. The van der Waals surface area contributed by atoms with Crippen LogP contribution in [-0.2, 0) is 6.42 Å². The average molecular weight is 273 g/mol. The minimum Gasteiger partial charge on any atom is -0.384 e. The predicted molar refractivity (Wildman–Crippen MR) is 79.3 cm³/mol. The minimum atomic E-state index is -0.158. The fraction of sp³-hybridized carbons (Fsp3) is 0.250. The molecule has 1 N–H and O–H groups in total. The molecule has 0 saturated carbocycles. The minimum absolute atomic E-state index is 0.158. The molecule has 0 amide bonds. The van der Waals surface area contributed by atoms with E-state index in [0.717, 1.165) is 24.3 Å². The Morgan fingerprint density at radius 2 is 2.00 bits per heavy atom. The molecule has 0 spiro atoms. The van der Waals surface area contributed by atoms with Crippen LogP contribution in [-0.4, -0.2) is 11.8 Å². The van der Waals surface area contributed by atoms with Crippen molar-refractivity contribution in [3.05, 3.63) is 59.9 Å². The maximum absolute atomic E-state index is 13.2. The number of nitrogens with one attached hydrogen (secondary N) is 1. The Labute approximate surface area is 117 Å². The van der Waals surface area contributed by atoms with Gasteiger partial charge in [0, 0.05) is 22.4 Å². The van der Waals surface area contributed by atoms with Crippen molar-refractivity contribution in [2.45, 2.75) is 23.0 Å². The van der Waals surface area contributed by atoms with Gasteiger partial charge in [0.05, 0.1) is 0 Å². The van der Waals surface area contributed by atoms with Crippen LogP contribution in [0.1, 0.15) is 12.0 Å². The number of hydrogen-bond donors (Lipinski definition) is 1. The standard InChI is InChI=1S/C16H16FNS/c17-13-5-3-6-14(10-13)19-15-9-8-12-4-1-2-7-16(12)18-11-15/h1-7,10,15,18H,8-9,11H2. The third-order valence-electron chi connectivity index (χ3n) is 3.37. The van der Waals surface area contributed by atoms with E-state index >= 15 is 0 Å².